The summed E-state index contributed by atoms with van der Waals surface area (Å²) >= 11 is 0. The number of aromatic nitrogens is 2. The summed E-state index contributed by atoms with van der Waals surface area (Å²) in [5.74, 6) is 0.530. The lowest BCUT2D eigenvalue weighted by atomic mass is 10.1. The van der Waals surface area contributed by atoms with Gasteiger partial charge in [0.15, 0.2) is 6.10 Å². The lowest BCUT2D eigenvalue weighted by Gasteiger charge is -2.16. The number of nitrogens with zero attached hydrogens (tertiary/aromatic N) is 2. The highest BCUT2D eigenvalue weighted by Crippen LogP contribution is 2.31. The van der Waals surface area contributed by atoms with E-state index in [9.17, 15) is 18.0 Å². The molecule has 0 fully saturated rings. The smallest absolute Gasteiger partial charge is 0.416 e. The third-order valence-electron chi connectivity index (χ3n) is 4.60. The van der Waals surface area contributed by atoms with E-state index >= 15 is 0 Å². The zero-order valence-electron chi connectivity index (χ0n) is 18.6. The number of alkyl halides is 3. The molecular formula is C24H24F3N3O4. The van der Waals surface area contributed by atoms with Gasteiger partial charge in [-0.05, 0) is 62.4 Å². The average Bonchev–Trinajstić information content (AvgIpc) is 2.82. The van der Waals surface area contributed by atoms with Crippen LogP contribution < -0.4 is 19.5 Å². The summed E-state index contributed by atoms with van der Waals surface area (Å²) in [6, 6.07) is 15.3. The van der Waals surface area contributed by atoms with Crippen molar-refractivity contribution in [3.05, 3.63) is 66.2 Å². The van der Waals surface area contributed by atoms with Crippen LogP contribution in [0.4, 0.5) is 13.2 Å². The molecule has 0 aliphatic heterocycles. The second-order valence-corrected chi connectivity index (χ2v) is 7.14. The molecule has 1 heterocycles. The highest BCUT2D eigenvalue weighted by atomic mass is 19.4. The van der Waals surface area contributed by atoms with E-state index in [1.165, 1.54) is 19.1 Å². The fraction of sp³-hybridized carbons (Fsp3) is 0.292. The number of halogens is 3. The first-order valence-electron chi connectivity index (χ1n) is 10.6. The predicted molar refractivity (Wildman–Crippen MR) is 119 cm³/mol. The summed E-state index contributed by atoms with van der Waals surface area (Å²) in [7, 11) is 0. The minimum Gasteiger partial charge on any atom is -0.494 e. The summed E-state index contributed by atoms with van der Waals surface area (Å²) in [6.07, 6.45) is -5.48. The molecule has 3 rings (SSSR count). The van der Waals surface area contributed by atoms with Crippen molar-refractivity contribution in [2.45, 2.75) is 26.1 Å². The summed E-state index contributed by atoms with van der Waals surface area (Å²) in [4.78, 5) is 12.2. The van der Waals surface area contributed by atoms with Gasteiger partial charge in [0.2, 0.25) is 5.88 Å². The van der Waals surface area contributed by atoms with E-state index in [0.717, 1.165) is 23.4 Å². The van der Waals surface area contributed by atoms with E-state index in [0.29, 0.717) is 12.3 Å². The van der Waals surface area contributed by atoms with Crippen LogP contribution >= 0.6 is 0 Å². The maximum Gasteiger partial charge on any atom is 0.416 e. The molecule has 1 atom stereocenters. The highest BCUT2D eigenvalue weighted by molar-refractivity contribution is 5.80. The normalized spacial score (nSPS) is 12.0. The predicted octanol–water partition coefficient (Wildman–Crippen LogP) is 4.52. The van der Waals surface area contributed by atoms with Crippen molar-refractivity contribution < 1.29 is 32.2 Å². The van der Waals surface area contributed by atoms with Crippen molar-refractivity contribution in [2.75, 3.05) is 19.8 Å². The lowest BCUT2D eigenvalue weighted by Crippen LogP contribution is -2.38. The zero-order chi connectivity index (χ0) is 24.6. The number of hydrogen-bond donors (Lipinski definition) is 1. The molecule has 1 aromatic heterocycles. The minimum atomic E-state index is -4.49. The second kappa shape index (κ2) is 11.4. The molecule has 34 heavy (non-hydrogen) atoms. The van der Waals surface area contributed by atoms with E-state index in [1.807, 2.05) is 31.2 Å². The molecule has 0 aliphatic carbocycles. The van der Waals surface area contributed by atoms with Gasteiger partial charge < -0.3 is 19.5 Å². The summed E-state index contributed by atoms with van der Waals surface area (Å²) < 4.78 is 54.6. The molecule has 0 saturated heterocycles. The average molecular weight is 475 g/mol. The highest BCUT2D eigenvalue weighted by Gasteiger charge is 2.30. The Balaban J connectivity index is 1.43. The number of nitrogens with one attached hydrogen (secondary N) is 1. The SMILES string of the molecule is CCOc1ccc(-c2ccc(OCCNC(=O)C(C)Oc3cccc(C(F)(F)F)c3)nn2)cc1. The van der Waals surface area contributed by atoms with Gasteiger partial charge in [0, 0.05) is 11.6 Å². The topological polar surface area (TPSA) is 82.6 Å². The molecule has 0 aliphatic rings. The Kier molecular flexibility index (Phi) is 8.29. The van der Waals surface area contributed by atoms with Crippen molar-refractivity contribution in [3.8, 4) is 28.6 Å². The largest absolute Gasteiger partial charge is 0.494 e. The Morgan fingerprint density at radius 2 is 1.76 bits per heavy atom. The quantitative estimate of drug-likeness (QED) is 0.434. The number of amides is 1. The van der Waals surface area contributed by atoms with Crippen LogP contribution in [0.5, 0.6) is 17.4 Å². The summed E-state index contributed by atoms with van der Waals surface area (Å²) in [5.41, 5.74) is 0.703. The zero-order valence-corrected chi connectivity index (χ0v) is 18.6. The number of carbonyl (C=O) groups excluding carboxylic acids is 1. The van der Waals surface area contributed by atoms with Crippen molar-refractivity contribution >= 4 is 5.91 Å². The lowest BCUT2D eigenvalue weighted by molar-refractivity contribution is -0.137. The molecular weight excluding hydrogens is 451 g/mol. The van der Waals surface area contributed by atoms with Gasteiger partial charge in [0.05, 0.1) is 24.4 Å². The van der Waals surface area contributed by atoms with E-state index in [4.69, 9.17) is 14.2 Å². The van der Waals surface area contributed by atoms with E-state index < -0.39 is 23.8 Å². The van der Waals surface area contributed by atoms with Crippen LogP contribution in [0.2, 0.25) is 0 Å². The van der Waals surface area contributed by atoms with Crippen LogP contribution in [-0.2, 0) is 11.0 Å². The molecule has 1 N–H and O–H groups in total. The third-order valence-corrected chi connectivity index (χ3v) is 4.60. The van der Waals surface area contributed by atoms with Crippen molar-refractivity contribution in [1.29, 1.82) is 0 Å². The van der Waals surface area contributed by atoms with Gasteiger partial charge in [-0.25, -0.2) is 0 Å². The van der Waals surface area contributed by atoms with E-state index in [-0.39, 0.29) is 24.8 Å². The Bertz CT molecular complexity index is 1070. The van der Waals surface area contributed by atoms with Crippen LogP contribution in [0.25, 0.3) is 11.3 Å². The van der Waals surface area contributed by atoms with E-state index in [1.54, 1.807) is 12.1 Å². The second-order valence-electron chi connectivity index (χ2n) is 7.14. The number of hydrogen-bond acceptors (Lipinski definition) is 6. The first kappa shape index (κ1) is 24.8. The summed E-state index contributed by atoms with van der Waals surface area (Å²) in [5, 5.41) is 10.8. The Morgan fingerprint density at radius 3 is 2.41 bits per heavy atom. The van der Waals surface area contributed by atoms with Gasteiger partial charge in [0.25, 0.3) is 5.91 Å². The van der Waals surface area contributed by atoms with Crippen molar-refractivity contribution in [1.82, 2.24) is 15.5 Å². The molecule has 0 bridgehead atoms. The van der Waals surface area contributed by atoms with Crippen LogP contribution in [0.15, 0.2) is 60.7 Å². The molecule has 1 unspecified atom stereocenters. The molecule has 0 saturated carbocycles. The van der Waals surface area contributed by atoms with Gasteiger partial charge in [-0.15, -0.1) is 10.2 Å². The number of rotatable bonds is 10. The van der Waals surface area contributed by atoms with Gasteiger partial charge in [-0.2, -0.15) is 13.2 Å². The molecule has 180 valence electrons. The third kappa shape index (κ3) is 7.09. The van der Waals surface area contributed by atoms with Crippen LogP contribution in [0.1, 0.15) is 19.4 Å². The van der Waals surface area contributed by atoms with Crippen molar-refractivity contribution in [3.63, 3.8) is 0 Å². The fourth-order valence-corrected chi connectivity index (χ4v) is 2.92. The molecule has 0 radical (unpaired) electrons. The standard InChI is InChI=1S/C24H24F3N3O4/c1-3-32-19-9-7-17(8-10-19)21-11-12-22(30-29-21)33-14-13-28-23(31)16(2)34-20-6-4-5-18(15-20)24(25,26)27/h4-12,15-16H,3,13-14H2,1-2H3,(H,28,31). The molecule has 7 nitrogen and oxygen atoms in total. The number of carbonyl (C=O) groups is 1. The molecule has 1 amide bonds. The number of ether oxygens (including phenoxy) is 3. The first-order chi connectivity index (χ1) is 16.3. The van der Waals surface area contributed by atoms with E-state index in [2.05, 4.69) is 15.5 Å². The Labute approximate surface area is 194 Å². The van der Waals surface area contributed by atoms with Gasteiger partial charge >= 0.3 is 6.18 Å². The molecule has 3 aromatic rings. The van der Waals surface area contributed by atoms with Gasteiger partial charge in [-0.1, -0.05) is 6.07 Å². The maximum absolute atomic E-state index is 12.8. The van der Waals surface area contributed by atoms with Crippen molar-refractivity contribution in [2.24, 2.45) is 0 Å². The molecule has 10 heteroatoms. The van der Waals surface area contributed by atoms with Crippen LogP contribution in [0.3, 0.4) is 0 Å². The Morgan fingerprint density at radius 1 is 1.00 bits per heavy atom. The molecule has 2 aromatic carbocycles. The minimum absolute atomic E-state index is 0.0448. The van der Waals surface area contributed by atoms with Crippen LogP contribution in [0, 0.1) is 0 Å². The fourth-order valence-electron chi connectivity index (χ4n) is 2.92. The first-order valence-corrected chi connectivity index (χ1v) is 10.6. The maximum atomic E-state index is 12.8. The Hall–Kier alpha value is -3.82. The number of benzene rings is 2. The van der Waals surface area contributed by atoms with Gasteiger partial charge in [0.1, 0.15) is 18.1 Å². The molecule has 0 spiro atoms. The summed E-state index contributed by atoms with van der Waals surface area (Å²) in [6.45, 7) is 4.23. The monoisotopic (exact) mass is 475 g/mol. The van der Waals surface area contributed by atoms with Gasteiger partial charge in [-0.3, -0.25) is 4.79 Å². The van der Waals surface area contributed by atoms with Crippen LogP contribution in [-0.4, -0.2) is 42.0 Å².